The van der Waals surface area contributed by atoms with Gasteiger partial charge in [0, 0.05) is 44.3 Å². The van der Waals surface area contributed by atoms with Gasteiger partial charge in [0.2, 0.25) is 0 Å². The molecule has 3 heterocycles. The van der Waals surface area contributed by atoms with E-state index < -0.39 is 0 Å². The lowest BCUT2D eigenvalue weighted by atomic mass is 9.95. The SMILES string of the molecule is O=C(c1cccc2cccnc12)N1CCC(CN2CCOCC2)CC1. The molecule has 1 amide bonds. The maximum Gasteiger partial charge on any atom is 0.256 e. The number of carbonyl (C=O) groups excluding carboxylic acids is 1. The number of morpholine rings is 1. The molecule has 0 N–H and O–H groups in total. The Kier molecular flexibility index (Phi) is 4.95. The average Bonchev–Trinajstić information content (AvgIpc) is 2.68. The van der Waals surface area contributed by atoms with Crippen molar-refractivity contribution < 1.29 is 9.53 Å². The van der Waals surface area contributed by atoms with Crippen molar-refractivity contribution in [3.05, 3.63) is 42.1 Å². The zero-order chi connectivity index (χ0) is 17.1. The van der Waals surface area contributed by atoms with Crippen LogP contribution in [0.2, 0.25) is 0 Å². The number of hydrogen-bond donors (Lipinski definition) is 0. The van der Waals surface area contributed by atoms with Crippen LogP contribution < -0.4 is 0 Å². The van der Waals surface area contributed by atoms with E-state index in [1.807, 2.05) is 35.2 Å². The summed E-state index contributed by atoms with van der Waals surface area (Å²) in [5.41, 5.74) is 1.54. The molecule has 0 radical (unpaired) electrons. The lowest BCUT2D eigenvalue weighted by molar-refractivity contribution is 0.0243. The van der Waals surface area contributed by atoms with E-state index in [9.17, 15) is 4.79 Å². The topological polar surface area (TPSA) is 45.7 Å². The molecule has 25 heavy (non-hydrogen) atoms. The van der Waals surface area contributed by atoms with E-state index in [0.29, 0.717) is 5.92 Å². The van der Waals surface area contributed by atoms with Crippen LogP contribution in [-0.2, 0) is 4.74 Å². The summed E-state index contributed by atoms with van der Waals surface area (Å²) < 4.78 is 5.42. The second-order valence-corrected chi connectivity index (χ2v) is 7.03. The zero-order valence-electron chi connectivity index (χ0n) is 14.6. The molecule has 1 aromatic carbocycles. The number of pyridine rings is 1. The van der Waals surface area contributed by atoms with Crippen molar-refractivity contribution in [3.8, 4) is 0 Å². The summed E-state index contributed by atoms with van der Waals surface area (Å²) in [7, 11) is 0. The molecular formula is C20H25N3O2. The van der Waals surface area contributed by atoms with E-state index in [1.54, 1.807) is 6.20 Å². The van der Waals surface area contributed by atoms with Crippen molar-refractivity contribution in [1.82, 2.24) is 14.8 Å². The second kappa shape index (κ2) is 7.50. The monoisotopic (exact) mass is 339 g/mol. The summed E-state index contributed by atoms with van der Waals surface area (Å²) in [4.78, 5) is 21.9. The number of hydrogen-bond acceptors (Lipinski definition) is 4. The molecule has 5 heteroatoms. The Morgan fingerprint density at radius 2 is 1.84 bits per heavy atom. The minimum atomic E-state index is 0.120. The Morgan fingerprint density at radius 1 is 1.08 bits per heavy atom. The Labute approximate surface area is 148 Å². The summed E-state index contributed by atoms with van der Waals surface area (Å²) >= 11 is 0. The van der Waals surface area contributed by atoms with Crippen LogP contribution in [0.25, 0.3) is 10.9 Å². The van der Waals surface area contributed by atoms with Crippen LogP contribution in [0.15, 0.2) is 36.5 Å². The highest BCUT2D eigenvalue weighted by molar-refractivity contribution is 6.05. The quantitative estimate of drug-likeness (QED) is 0.862. The molecule has 132 valence electrons. The molecule has 2 aliphatic rings. The first kappa shape index (κ1) is 16.5. The van der Waals surface area contributed by atoms with Gasteiger partial charge in [-0.15, -0.1) is 0 Å². The van der Waals surface area contributed by atoms with Gasteiger partial charge in [-0.05, 0) is 30.9 Å². The predicted octanol–water partition coefficient (Wildman–Crippen LogP) is 2.42. The number of benzene rings is 1. The minimum Gasteiger partial charge on any atom is -0.379 e. The fourth-order valence-corrected chi connectivity index (χ4v) is 3.91. The van der Waals surface area contributed by atoms with Crippen molar-refractivity contribution in [3.63, 3.8) is 0 Å². The van der Waals surface area contributed by atoms with Crippen LogP contribution in [0.5, 0.6) is 0 Å². The van der Waals surface area contributed by atoms with E-state index in [2.05, 4.69) is 9.88 Å². The van der Waals surface area contributed by atoms with Gasteiger partial charge in [-0.2, -0.15) is 0 Å². The molecule has 0 bridgehead atoms. The third kappa shape index (κ3) is 3.67. The number of fused-ring (bicyclic) bond motifs is 1. The first-order valence-electron chi connectivity index (χ1n) is 9.24. The van der Waals surface area contributed by atoms with Crippen LogP contribution in [0.1, 0.15) is 23.2 Å². The first-order valence-corrected chi connectivity index (χ1v) is 9.24. The number of likely N-dealkylation sites (tertiary alicyclic amines) is 1. The van der Waals surface area contributed by atoms with Gasteiger partial charge in [0.1, 0.15) is 0 Å². The van der Waals surface area contributed by atoms with Gasteiger partial charge in [0.05, 0.1) is 24.3 Å². The van der Waals surface area contributed by atoms with E-state index in [0.717, 1.165) is 75.2 Å². The Hall–Kier alpha value is -1.98. The molecule has 2 fully saturated rings. The predicted molar refractivity (Wildman–Crippen MR) is 97.6 cm³/mol. The molecule has 2 aromatic rings. The van der Waals surface area contributed by atoms with Gasteiger partial charge >= 0.3 is 0 Å². The largest absolute Gasteiger partial charge is 0.379 e. The molecule has 2 saturated heterocycles. The smallest absolute Gasteiger partial charge is 0.256 e. The number of nitrogens with zero attached hydrogens (tertiary/aromatic N) is 3. The Bertz CT molecular complexity index is 729. The Morgan fingerprint density at radius 3 is 2.64 bits per heavy atom. The fourth-order valence-electron chi connectivity index (χ4n) is 3.91. The van der Waals surface area contributed by atoms with Crippen molar-refractivity contribution in [2.75, 3.05) is 45.9 Å². The summed E-state index contributed by atoms with van der Waals surface area (Å²) in [6.45, 7) is 6.62. The lowest BCUT2D eigenvalue weighted by Crippen LogP contribution is -2.44. The molecule has 0 unspecified atom stereocenters. The number of rotatable bonds is 3. The highest BCUT2D eigenvalue weighted by atomic mass is 16.5. The van der Waals surface area contributed by atoms with Crippen LogP contribution in [0, 0.1) is 5.92 Å². The lowest BCUT2D eigenvalue weighted by Gasteiger charge is -2.36. The zero-order valence-corrected chi connectivity index (χ0v) is 14.6. The van der Waals surface area contributed by atoms with Crippen LogP contribution in [-0.4, -0.2) is 66.6 Å². The normalized spacial score (nSPS) is 20.1. The van der Waals surface area contributed by atoms with E-state index >= 15 is 0 Å². The maximum absolute atomic E-state index is 13.0. The Balaban J connectivity index is 1.39. The maximum atomic E-state index is 13.0. The van der Waals surface area contributed by atoms with Gasteiger partial charge in [-0.3, -0.25) is 14.7 Å². The van der Waals surface area contributed by atoms with Crippen molar-refractivity contribution in [1.29, 1.82) is 0 Å². The molecule has 5 nitrogen and oxygen atoms in total. The van der Waals surface area contributed by atoms with Gasteiger partial charge in [-0.1, -0.05) is 18.2 Å². The highest BCUT2D eigenvalue weighted by Gasteiger charge is 2.26. The van der Waals surface area contributed by atoms with Crippen molar-refractivity contribution >= 4 is 16.8 Å². The number of ether oxygens (including phenoxy) is 1. The number of carbonyl (C=O) groups is 1. The van der Waals surface area contributed by atoms with Crippen molar-refractivity contribution in [2.45, 2.75) is 12.8 Å². The summed E-state index contributed by atoms with van der Waals surface area (Å²) in [5, 5.41) is 1.02. The van der Waals surface area contributed by atoms with Gasteiger partial charge in [-0.25, -0.2) is 0 Å². The standard InChI is InChI=1S/C20H25N3O2/c24-20(18-5-1-3-17-4-2-8-21-19(17)18)23-9-6-16(7-10-23)15-22-11-13-25-14-12-22/h1-5,8,16H,6-7,9-15H2. The number of piperidine rings is 1. The summed E-state index contributed by atoms with van der Waals surface area (Å²) in [6, 6.07) is 9.77. The average molecular weight is 339 g/mol. The van der Waals surface area contributed by atoms with E-state index in [1.165, 1.54) is 0 Å². The highest BCUT2D eigenvalue weighted by Crippen LogP contribution is 2.23. The fraction of sp³-hybridized carbons (Fsp3) is 0.500. The van der Waals surface area contributed by atoms with Gasteiger partial charge in [0.15, 0.2) is 0 Å². The van der Waals surface area contributed by atoms with Crippen molar-refractivity contribution in [2.24, 2.45) is 5.92 Å². The molecular weight excluding hydrogens is 314 g/mol. The summed E-state index contributed by atoms with van der Waals surface area (Å²) in [6.07, 6.45) is 3.93. The second-order valence-electron chi connectivity index (χ2n) is 7.03. The van der Waals surface area contributed by atoms with Crippen LogP contribution in [0.4, 0.5) is 0 Å². The molecule has 4 rings (SSSR count). The van der Waals surface area contributed by atoms with Crippen LogP contribution in [0.3, 0.4) is 0 Å². The van der Waals surface area contributed by atoms with Crippen LogP contribution >= 0.6 is 0 Å². The molecule has 1 aromatic heterocycles. The van der Waals surface area contributed by atoms with E-state index in [-0.39, 0.29) is 5.91 Å². The third-order valence-electron chi connectivity index (χ3n) is 5.38. The number of para-hydroxylation sites is 1. The minimum absolute atomic E-state index is 0.120. The van der Waals surface area contributed by atoms with E-state index in [4.69, 9.17) is 4.74 Å². The summed E-state index contributed by atoms with van der Waals surface area (Å²) in [5.74, 6) is 0.807. The molecule has 0 aliphatic carbocycles. The van der Waals surface area contributed by atoms with Gasteiger partial charge < -0.3 is 9.64 Å². The van der Waals surface area contributed by atoms with Gasteiger partial charge in [0.25, 0.3) is 5.91 Å². The number of amides is 1. The molecule has 0 saturated carbocycles. The number of aromatic nitrogens is 1. The third-order valence-corrected chi connectivity index (χ3v) is 5.38. The molecule has 0 spiro atoms. The molecule has 0 atom stereocenters. The molecule has 2 aliphatic heterocycles. The first-order chi connectivity index (χ1) is 12.3.